The highest BCUT2D eigenvalue weighted by Crippen LogP contribution is 2.23. The van der Waals surface area contributed by atoms with Gasteiger partial charge in [0.1, 0.15) is 0 Å². The van der Waals surface area contributed by atoms with Crippen molar-refractivity contribution >= 4 is 11.6 Å². The second-order valence-corrected chi connectivity index (χ2v) is 6.14. The third-order valence-corrected chi connectivity index (χ3v) is 4.72. The molecule has 2 saturated heterocycles. The Kier molecular flexibility index (Phi) is 4.15. The largest absolute Gasteiger partial charge is 0.385 e. The van der Waals surface area contributed by atoms with Gasteiger partial charge in [-0.25, -0.2) is 0 Å². The molecule has 4 heteroatoms. The first-order chi connectivity index (χ1) is 10.2. The van der Waals surface area contributed by atoms with Gasteiger partial charge in [0.2, 0.25) is 0 Å². The van der Waals surface area contributed by atoms with E-state index in [4.69, 9.17) is 0 Å². The number of hydrogen-bond donors (Lipinski definition) is 1. The molecule has 1 aromatic rings. The molecule has 3 rings (SSSR count). The maximum atomic E-state index is 12.7. The maximum absolute atomic E-state index is 12.7. The third-order valence-electron chi connectivity index (χ3n) is 4.72. The quantitative estimate of drug-likeness (QED) is 0.927. The molecular weight excluding hydrogens is 262 g/mol. The zero-order valence-corrected chi connectivity index (χ0v) is 13.1. The Hall–Kier alpha value is -1.55. The van der Waals surface area contributed by atoms with E-state index in [2.05, 4.69) is 24.1 Å². The Morgan fingerprint density at radius 1 is 1.33 bits per heavy atom. The number of benzene rings is 1. The van der Waals surface area contributed by atoms with Crippen molar-refractivity contribution in [2.45, 2.75) is 32.7 Å². The van der Waals surface area contributed by atoms with Crippen LogP contribution in [0.2, 0.25) is 0 Å². The summed E-state index contributed by atoms with van der Waals surface area (Å²) in [4.78, 5) is 17.3. The predicted octanol–water partition coefficient (Wildman–Crippen LogP) is 2.35. The van der Waals surface area contributed by atoms with Gasteiger partial charge in [0, 0.05) is 43.5 Å². The number of fused-ring (bicyclic) bond motifs is 1. The van der Waals surface area contributed by atoms with Crippen LogP contribution in [0.1, 0.15) is 35.7 Å². The molecule has 0 spiro atoms. The zero-order chi connectivity index (χ0) is 14.8. The van der Waals surface area contributed by atoms with Gasteiger partial charge in [-0.2, -0.15) is 0 Å². The second kappa shape index (κ2) is 6.06. The molecule has 0 radical (unpaired) electrons. The summed E-state index contributed by atoms with van der Waals surface area (Å²) in [5, 5.41) is 3.32. The van der Waals surface area contributed by atoms with Crippen molar-refractivity contribution in [1.82, 2.24) is 9.80 Å². The van der Waals surface area contributed by atoms with E-state index in [1.807, 2.05) is 23.1 Å². The lowest BCUT2D eigenvalue weighted by Gasteiger charge is -2.37. The van der Waals surface area contributed by atoms with Gasteiger partial charge in [-0.15, -0.1) is 0 Å². The molecule has 21 heavy (non-hydrogen) atoms. The lowest BCUT2D eigenvalue weighted by molar-refractivity contribution is 0.0571. The van der Waals surface area contributed by atoms with Crippen molar-refractivity contribution < 1.29 is 4.79 Å². The molecule has 2 fully saturated rings. The van der Waals surface area contributed by atoms with Gasteiger partial charge in [0.25, 0.3) is 5.91 Å². The van der Waals surface area contributed by atoms with E-state index in [1.165, 1.54) is 19.4 Å². The lowest BCUT2D eigenvalue weighted by atomic mass is 10.1. The average molecular weight is 287 g/mol. The molecule has 0 aromatic heterocycles. The van der Waals surface area contributed by atoms with Crippen LogP contribution in [0.25, 0.3) is 0 Å². The highest BCUT2D eigenvalue weighted by atomic mass is 16.2. The molecule has 2 aliphatic rings. The first-order valence-corrected chi connectivity index (χ1v) is 8.07. The van der Waals surface area contributed by atoms with Crippen molar-refractivity contribution in [2.75, 3.05) is 38.0 Å². The van der Waals surface area contributed by atoms with Gasteiger partial charge in [0.15, 0.2) is 0 Å². The summed E-state index contributed by atoms with van der Waals surface area (Å²) in [6.45, 7) is 9.05. The molecule has 2 heterocycles. The number of carbonyl (C=O) groups is 1. The van der Waals surface area contributed by atoms with E-state index in [-0.39, 0.29) is 5.91 Å². The van der Waals surface area contributed by atoms with E-state index in [9.17, 15) is 4.79 Å². The second-order valence-electron chi connectivity index (χ2n) is 6.14. The minimum absolute atomic E-state index is 0.188. The van der Waals surface area contributed by atoms with Crippen LogP contribution >= 0.6 is 0 Å². The van der Waals surface area contributed by atoms with Crippen LogP contribution < -0.4 is 5.32 Å². The van der Waals surface area contributed by atoms with Gasteiger partial charge in [-0.3, -0.25) is 9.69 Å². The number of aryl methyl sites for hydroxylation is 1. The Bertz CT molecular complexity index is 529. The average Bonchev–Trinajstić information content (AvgIpc) is 2.96. The molecule has 2 aliphatic heterocycles. The van der Waals surface area contributed by atoms with Crippen LogP contribution in [0.5, 0.6) is 0 Å². The summed E-state index contributed by atoms with van der Waals surface area (Å²) in [6, 6.07) is 6.58. The molecule has 1 amide bonds. The fraction of sp³-hybridized carbons (Fsp3) is 0.588. The molecule has 1 aromatic carbocycles. The summed E-state index contributed by atoms with van der Waals surface area (Å²) in [6.07, 6.45) is 2.52. The number of anilines is 1. The van der Waals surface area contributed by atoms with Gasteiger partial charge in [-0.1, -0.05) is 0 Å². The van der Waals surface area contributed by atoms with Gasteiger partial charge >= 0.3 is 0 Å². The fourth-order valence-electron chi connectivity index (χ4n) is 3.54. The van der Waals surface area contributed by atoms with E-state index in [1.54, 1.807) is 0 Å². The van der Waals surface area contributed by atoms with Gasteiger partial charge < -0.3 is 10.2 Å². The number of nitrogens with zero attached hydrogens (tertiary/aromatic N) is 2. The first kappa shape index (κ1) is 14.4. The number of amides is 1. The van der Waals surface area contributed by atoms with Crippen LogP contribution in [-0.2, 0) is 0 Å². The van der Waals surface area contributed by atoms with Crippen molar-refractivity contribution in [1.29, 1.82) is 0 Å². The van der Waals surface area contributed by atoms with Crippen LogP contribution in [-0.4, -0.2) is 54.5 Å². The Labute approximate surface area is 127 Å². The van der Waals surface area contributed by atoms with Crippen LogP contribution in [0, 0.1) is 6.92 Å². The van der Waals surface area contributed by atoms with Gasteiger partial charge in [0.05, 0.1) is 0 Å². The normalized spacial score (nSPS) is 22.2. The molecule has 0 bridgehead atoms. The van der Waals surface area contributed by atoms with Crippen LogP contribution in [0.4, 0.5) is 5.69 Å². The first-order valence-electron chi connectivity index (χ1n) is 8.07. The van der Waals surface area contributed by atoms with E-state index in [0.717, 1.165) is 43.0 Å². The van der Waals surface area contributed by atoms with Crippen molar-refractivity contribution in [3.05, 3.63) is 29.3 Å². The summed E-state index contributed by atoms with van der Waals surface area (Å²) in [5.74, 6) is 0.188. The van der Waals surface area contributed by atoms with Crippen molar-refractivity contribution in [2.24, 2.45) is 0 Å². The monoisotopic (exact) mass is 287 g/mol. The molecule has 1 atom stereocenters. The molecular formula is C17H25N3O. The zero-order valence-electron chi connectivity index (χ0n) is 13.1. The Morgan fingerprint density at radius 3 is 2.95 bits per heavy atom. The van der Waals surface area contributed by atoms with Crippen molar-refractivity contribution in [3.8, 4) is 0 Å². The topological polar surface area (TPSA) is 35.6 Å². The Morgan fingerprint density at radius 2 is 2.19 bits per heavy atom. The molecule has 0 aliphatic carbocycles. The van der Waals surface area contributed by atoms with Crippen LogP contribution in [0.15, 0.2) is 18.2 Å². The number of carbonyl (C=O) groups excluding carboxylic acids is 1. The standard InChI is InChI=1S/C17H25N3O/c1-3-18-16-7-6-14(11-13(16)2)17(21)20-10-9-19-8-4-5-15(19)12-20/h6-7,11,15,18H,3-5,8-10,12H2,1-2H3. The summed E-state index contributed by atoms with van der Waals surface area (Å²) in [7, 11) is 0. The molecule has 114 valence electrons. The molecule has 0 saturated carbocycles. The van der Waals surface area contributed by atoms with E-state index < -0.39 is 0 Å². The summed E-state index contributed by atoms with van der Waals surface area (Å²) in [5.41, 5.74) is 3.08. The Balaban J connectivity index is 1.71. The third kappa shape index (κ3) is 2.91. The highest BCUT2D eigenvalue weighted by molar-refractivity contribution is 5.95. The number of hydrogen-bond acceptors (Lipinski definition) is 3. The van der Waals surface area contributed by atoms with E-state index in [0.29, 0.717) is 6.04 Å². The number of nitrogens with one attached hydrogen (secondary N) is 1. The van der Waals surface area contributed by atoms with E-state index >= 15 is 0 Å². The molecule has 4 nitrogen and oxygen atoms in total. The minimum atomic E-state index is 0.188. The SMILES string of the molecule is CCNc1ccc(C(=O)N2CCN3CCCC3C2)cc1C. The fourth-order valence-corrected chi connectivity index (χ4v) is 3.54. The number of piperazine rings is 1. The maximum Gasteiger partial charge on any atom is 0.253 e. The predicted molar refractivity (Wildman–Crippen MR) is 85.8 cm³/mol. The molecule has 1 N–H and O–H groups in total. The van der Waals surface area contributed by atoms with Crippen LogP contribution in [0.3, 0.4) is 0 Å². The molecule has 1 unspecified atom stereocenters. The smallest absolute Gasteiger partial charge is 0.253 e. The summed E-state index contributed by atoms with van der Waals surface area (Å²) < 4.78 is 0. The van der Waals surface area contributed by atoms with Crippen molar-refractivity contribution in [3.63, 3.8) is 0 Å². The highest BCUT2D eigenvalue weighted by Gasteiger charge is 2.32. The summed E-state index contributed by atoms with van der Waals surface area (Å²) >= 11 is 0. The minimum Gasteiger partial charge on any atom is -0.385 e. The number of rotatable bonds is 3. The van der Waals surface area contributed by atoms with Gasteiger partial charge in [-0.05, 0) is 57.0 Å². The lowest BCUT2D eigenvalue weighted by Crippen LogP contribution is -2.52.